The zero-order chi connectivity index (χ0) is 22.1. The third-order valence-corrected chi connectivity index (χ3v) is 4.52. The molecular formula is C19H20F3N5O3. The third kappa shape index (κ3) is 4.77. The Morgan fingerprint density at radius 2 is 1.97 bits per heavy atom. The molecule has 0 unspecified atom stereocenters. The molecule has 8 nitrogen and oxygen atoms in total. The first-order valence-electron chi connectivity index (χ1n) is 9.10. The van der Waals surface area contributed by atoms with E-state index in [2.05, 4.69) is 15.3 Å². The third-order valence-electron chi connectivity index (χ3n) is 4.52. The second-order valence-electron chi connectivity index (χ2n) is 7.59. The lowest BCUT2D eigenvalue weighted by molar-refractivity contribution is -0.234. The van der Waals surface area contributed by atoms with Crippen LogP contribution in [0.1, 0.15) is 19.4 Å². The molecule has 1 amide bonds. The average molecular weight is 423 g/mol. The summed E-state index contributed by atoms with van der Waals surface area (Å²) in [5.41, 5.74) is -0.158. The molecule has 1 aliphatic rings. The predicted molar refractivity (Wildman–Crippen MR) is 100 cm³/mol. The van der Waals surface area contributed by atoms with Gasteiger partial charge in [-0.3, -0.25) is 14.8 Å². The number of alkyl halides is 3. The number of carbonyl (C=O) groups excluding carboxylic acids is 1. The number of ether oxygens (including phenoxy) is 1. The number of hydrogen-bond acceptors (Lipinski definition) is 7. The molecule has 30 heavy (non-hydrogen) atoms. The number of rotatable bonds is 4. The maximum Gasteiger partial charge on any atom is 0.416 e. The van der Waals surface area contributed by atoms with Crippen LogP contribution in [0.2, 0.25) is 0 Å². The van der Waals surface area contributed by atoms with E-state index in [1.807, 2.05) is 6.07 Å². The van der Waals surface area contributed by atoms with Gasteiger partial charge in [-0.25, -0.2) is 0 Å². The number of nitrogens with one attached hydrogen (secondary N) is 1. The van der Waals surface area contributed by atoms with E-state index in [1.54, 1.807) is 0 Å². The van der Waals surface area contributed by atoms with Crippen LogP contribution in [0.4, 0.5) is 18.9 Å². The molecule has 0 spiro atoms. The van der Waals surface area contributed by atoms with Crippen molar-refractivity contribution in [2.75, 3.05) is 24.5 Å². The Morgan fingerprint density at radius 3 is 2.57 bits per heavy atom. The Bertz CT molecular complexity index is 984. The van der Waals surface area contributed by atoms with E-state index < -0.39 is 36.4 Å². The maximum atomic E-state index is 13.5. The minimum absolute atomic E-state index is 0.145. The fraction of sp³-hybridized carbons (Fsp3) is 0.474. The molecule has 0 aliphatic carbocycles. The number of nitriles is 1. The highest BCUT2D eigenvalue weighted by atomic mass is 19.4. The summed E-state index contributed by atoms with van der Waals surface area (Å²) in [5.74, 6) is -0.764. The van der Waals surface area contributed by atoms with Crippen molar-refractivity contribution in [1.29, 1.82) is 5.26 Å². The van der Waals surface area contributed by atoms with E-state index in [0.717, 1.165) is 0 Å². The van der Waals surface area contributed by atoms with Crippen molar-refractivity contribution < 1.29 is 27.8 Å². The normalized spacial score (nSPS) is 20.1. The monoisotopic (exact) mass is 423 g/mol. The minimum Gasteiger partial charge on any atom is -0.389 e. The summed E-state index contributed by atoms with van der Waals surface area (Å²) in [6.45, 7) is 2.06. The first kappa shape index (κ1) is 21.7. The van der Waals surface area contributed by atoms with Crippen molar-refractivity contribution in [2.45, 2.75) is 37.8 Å². The first-order valence-corrected chi connectivity index (χ1v) is 9.10. The Hall–Kier alpha value is -2.97. The molecule has 1 fully saturated rings. The Labute approximate surface area is 170 Å². The highest BCUT2D eigenvalue weighted by Gasteiger charge is 2.47. The van der Waals surface area contributed by atoms with Gasteiger partial charge in [0.15, 0.2) is 12.2 Å². The van der Waals surface area contributed by atoms with Crippen LogP contribution in [0.3, 0.4) is 0 Å². The largest absolute Gasteiger partial charge is 0.416 e. The van der Waals surface area contributed by atoms with Crippen LogP contribution in [-0.2, 0) is 9.53 Å². The Morgan fingerprint density at radius 1 is 1.30 bits per heavy atom. The fourth-order valence-electron chi connectivity index (χ4n) is 3.09. The van der Waals surface area contributed by atoms with Crippen LogP contribution < -0.4 is 10.2 Å². The molecule has 0 saturated carbocycles. The van der Waals surface area contributed by atoms with Gasteiger partial charge in [-0.15, -0.1) is 0 Å². The van der Waals surface area contributed by atoms with E-state index in [4.69, 9.17) is 4.74 Å². The van der Waals surface area contributed by atoms with Gasteiger partial charge in [0, 0.05) is 18.9 Å². The zero-order valence-corrected chi connectivity index (χ0v) is 16.3. The maximum absolute atomic E-state index is 13.5. The van der Waals surface area contributed by atoms with E-state index in [1.165, 1.54) is 43.3 Å². The molecule has 0 bridgehead atoms. The second kappa shape index (κ2) is 8.04. The van der Waals surface area contributed by atoms with Crippen molar-refractivity contribution in [3.8, 4) is 6.07 Å². The number of halogens is 3. The van der Waals surface area contributed by atoms with Gasteiger partial charge < -0.3 is 20.1 Å². The van der Waals surface area contributed by atoms with Crippen molar-refractivity contribution >= 4 is 22.6 Å². The van der Waals surface area contributed by atoms with Crippen molar-refractivity contribution in [3.05, 3.63) is 30.1 Å². The molecule has 1 aliphatic heterocycles. The average Bonchev–Trinajstić information content (AvgIpc) is 2.69. The van der Waals surface area contributed by atoms with Gasteiger partial charge in [-0.05, 0) is 26.0 Å². The lowest BCUT2D eigenvalue weighted by Crippen LogP contribution is -2.58. The van der Waals surface area contributed by atoms with Crippen LogP contribution in [0, 0.1) is 11.3 Å². The molecule has 0 radical (unpaired) electrons. The van der Waals surface area contributed by atoms with Gasteiger partial charge in [-0.1, -0.05) is 0 Å². The van der Waals surface area contributed by atoms with Crippen molar-refractivity contribution in [3.63, 3.8) is 0 Å². The molecule has 2 atom stereocenters. The van der Waals surface area contributed by atoms with Crippen LogP contribution in [-0.4, -0.2) is 64.6 Å². The van der Waals surface area contributed by atoms with Gasteiger partial charge in [0.1, 0.15) is 17.1 Å². The quantitative estimate of drug-likeness (QED) is 0.767. The number of aliphatic hydroxyl groups is 1. The van der Waals surface area contributed by atoms with Crippen LogP contribution >= 0.6 is 0 Å². The van der Waals surface area contributed by atoms with E-state index >= 15 is 0 Å². The van der Waals surface area contributed by atoms with E-state index in [9.17, 15) is 28.3 Å². The summed E-state index contributed by atoms with van der Waals surface area (Å²) in [5, 5.41) is 21.4. The smallest absolute Gasteiger partial charge is 0.389 e. The molecular weight excluding hydrogens is 403 g/mol. The number of fused-ring (bicyclic) bond motifs is 1. The molecule has 2 aromatic rings. The molecule has 1 aromatic carbocycles. The van der Waals surface area contributed by atoms with Gasteiger partial charge in [0.2, 0.25) is 0 Å². The standard InChI is InChI=1S/C19H20F3N5O3/c1-18(2,29)10-26-17(28)13-8-27(9-14(30-13)19(20,21)22)12-4-3-11(7-23)15-16(12)25-6-5-24-15/h3-6,13-14,29H,8-10H2,1-2H3,(H,26,28)/t13-,14+/m0/s1. The van der Waals surface area contributed by atoms with Gasteiger partial charge in [0.25, 0.3) is 5.91 Å². The highest BCUT2D eigenvalue weighted by molar-refractivity contribution is 5.92. The van der Waals surface area contributed by atoms with Gasteiger partial charge in [-0.2, -0.15) is 18.4 Å². The summed E-state index contributed by atoms with van der Waals surface area (Å²) in [7, 11) is 0. The summed E-state index contributed by atoms with van der Waals surface area (Å²) in [4.78, 5) is 22.1. The number of benzene rings is 1. The lowest BCUT2D eigenvalue weighted by Gasteiger charge is -2.39. The number of nitrogens with zero attached hydrogens (tertiary/aromatic N) is 4. The van der Waals surface area contributed by atoms with Crippen LogP contribution in [0.25, 0.3) is 11.0 Å². The summed E-state index contributed by atoms with van der Waals surface area (Å²) in [6, 6.07) is 4.92. The first-order chi connectivity index (χ1) is 14.0. The molecule has 160 valence electrons. The number of amides is 1. The van der Waals surface area contributed by atoms with Crippen LogP contribution in [0.5, 0.6) is 0 Å². The minimum atomic E-state index is -4.69. The van der Waals surface area contributed by atoms with E-state index in [0.29, 0.717) is 5.69 Å². The Balaban J connectivity index is 1.95. The number of anilines is 1. The number of carbonyl (C=O) groups is 1. The lowest BCUT2D eigenvalue weighted by atomic mass is 10.1. The zero-order valence-electron chi connectivity index (χ0n) is 16.3. The molecule has 1 saturated heterocycles. The molecule has 2 heterocycles. The number of morpholine rings is 1. The fourth-order valence-corrected chi connectivity index (χ4v) is 3.09. The van der Waals surface area contributed by atoms with E-state index in [-0.39, 0.29) is 29.7 Å². The second-order valence-corrected chi connectivity index (χ2v) is 7.59. The highest BCUT2D eigenvalue weighted by Crippen LogP contribution is 2.33. The van der Waals surface area contributed by atoms with Crippen LogP contribution in [0.15, 0.2) is 24.5 Å². The molecule has 1 aromatic heterocycles. The predicted octanol–water partition coefficient (Wildman–Crippen LogP) is 1.52. The van der Waals surface area contributed by atoms with Gasteiger partial charge in [0.05, 0.1) is 29.9 Å². The van der Waals surface area contributed by atoms with Crippen molar-refractivity contribution in [2.24, 2.45) is 0 Å². The molecule has 3 rings (SSSR count). The summed E-state index contributed by atoms with van der Waals surface area (Å²) >= 11 is 0. The molecule has 11 heteroatoms. The van der Waals surface area contributed by atoms with Gasteiger partial charge >= 0.3 is 6.18 Å². The number of aromatic nitrogens is 2. The van der Waals surface area contributed by atoms with Crippen molar-refractivity contribution in [1.82, 2.24) is 15.3 Å². The molecule has 2 N–H and O–H groups in total. The number of hydrogen-bond donors (Lipinski definition) is 2. The summed E-state index contributed by atoms with van der Waals surface area (Å²) in [6.07, 6.45) is -5.55. The Kier molecular flexibility index (Phi) is 5.83. The summed E-state index contributed by atoms with van der Waals surface area (Å²) < 4.78 is 45.5. The topological polar surface area (TPSA) is 111 Å². The SMILES string of the molecule is CC(C)(O)CNC(=O)[C@@H]1CN(c2ccc(C#N)c3nccnc23)C[C@H](C(F)(F)F)O1.